The molecule has 0 aromatic rings. The quantitative estimate of drug-likeness (QED) is 0.436. The van der Waals surface area contributed by atoms with Crippen molar-refractivity contribution in [2.75, 3.05) is 27.3 Å². The molecule has 0 radical (unpaired) electrons. The SMILES string of the molecule is CN[C@@H](CCC(N)=O)C(=O)NCCOC. The molecule has 6 nitrogen and oxygen atoms in total. The second-order valence-electron chi connectivity index (χ2n) is 3.13. The molecule has 0 aliphatic rings. The van der Waals surface area contributed by atoms with Crippen molar-refractivity contribution in [1.29, 1.82) is 0 Å². The van der Waals surface area contributed by atoms with Crippen LogP contribution in [0.3, 0.4) is 0 Å². The molecule has 0 heterocycles. The molecule has 0 fully saturated rings. The molecule has 88 valence electrons. The summed E-state index contributed by atoms with van der Waals surface area (Å²) in [5.74, 6) is -0.546. The van der Waals surface area contributed by atoms with E-state index in [1.54, 1.807) is 14.2 Å². The number of hydrogen-bond acceptors (Lipinski definition) is 4. The molecule has 6 heteroatoms. The summed E-state index contributed by atoms with van der Waals surface area (Å²) in [6.07, 6.45) is 0.605. The minimum absolute atomic E-state index is 0.143. The van der Waals surface area contributed by atoms with Gasteiger partial charge in [0.2, 0.25) is 11.8 Å². The maximum atomic E-state index is 11.5. The number of carbonyl (C=O) groups excluding carboxylic acids is 2. The molecule has 0 aromatic heterocycles. The van der Waals surface area contributed by atoms with Gasteiger partial charge in [-0.2, -0.15) is 0 Å². The monoisotopic (exact) mass is 217 g/mol. The second-order valence-corrected chi connectivity index (χ2v) is 3.13. The summed E-state index contributed by atoms with van der Waals surface area (Å²) < 4.78 is 4.79. The molecule has 2 amide bonds. The van der Waals surface area contributed by atoms with Gasteiger partial charge in [-0.05, 0) is 13.5 Å². The maximum Gasteiger partial charge on any atom is 0.237 e. The molecule has 0 rings (SSSR count). The molecule has 1 atom stereocenters. The van der Waals surface area contributed by atoms with Gasteiger partial charge in [0.05, 0.1) is 12.6 Å². The first-order chi connectivity index (χ1) is 7.11. The molecule has 0 aromatic carbocycles. The lowest BCUT2D eigenvalue weighted by Crippen LogP contribution is -2.44. The highest BCUT2D eigenvalue weighted by Crippen LogP contribution is 1.96. The Bertz CT molecular complexity index is 209. The summed E-state index contributed by atoms with van der Waals surface area (Å²) in [5.41, 5.74) is 5.00. The molecule has 4 N–H and O–H groups in total. The van der Waals surface area contributed by atoms with Gasteiger partial charge in [0, 0.05) is 20.1 Å². The lowest BCUT2D eigenvalue weighted by molar-refractivity contribution is -0.123. The summed E-state index contributed by atoms with van der Waals surface area (Å²) >= 11 is 0. The van der Waals surface area contributed by atoms with Gasteiger partial charge in [0.25, 0.3) is 0 Å². The molecule has 0 aliphatic carbocycles. The molecule has 0 spiro atoms. The van der Waals surface area contributed by atoms with Crippen LogP contribution in [0.2, 0.25) is 0 Å². The Morgan fingerprint density at radius 2 is 2.13 bits per heavy atom. The predicted octanol–water partition coefficient (Wildman–Crippen LogP) is -1.40. The molecule has 0 aliphatic heterocycles. The molecule has 0 saturated carbocycles. The van der Waals surface area contributed by atoms with Crippen molar-refractivity contribution in [1.82, 2.24) is 10.6 Å². The van der Waals surface area contributed by atoms with Crippen molar-refractivity contribution in [3.63, 3.8) is 0 Å². The first-order valence-electron chi connectivity index (χ1n) is 4.84. The summed E-state index contributed by atoms with van der Waals surface area (Å²) in [4.78, 5) is 22.0. The third kappa shape index (κ3) is 6.87. The van der Waals surface area contributed by atoms with E-state index in [-0.39, 0.29) is 18.4 Å². The third-order valence-corrected chi connectivity index (χ3v) is 1.95. The van der Waals surface area contributed by atoms with Crippen molar-refractivity contribution in [3.05, 3.63) is 0 Å². The first kappa shape index (κ1) is 13.9. The van der Waals surface area contributed by atoms with Crippen molar-refractivity contribution in [2.45, 2.75) is 18.9 Å². The van der Waals surface area contributed by atoms with Gasteiger partial charge in [-0.15, -0.1) is 0 Å². The number of hydrogen-bond donors (Lipinski definition) is 3. The van der Waals surface area contributed by atoms with Crippen LogP contribution in [0.25, 0.3) is 0 Å². The Morgan fingerprint density at radius 3 is 2.60 bits per heavy atom. The predicted molar refractivity (Wildman–Crippen MR) is 56.2 cm³/mol. The summed E-state index contributed by atoms with van der Waals surface area (Å²) in [5, 5.41) is 5.50. The van der Waals surface area contributed by atoms with E-state index in [0.29, 0.717) is 19.6 Å². The van der Waals surface area contributed by atoms with E-state index in [4.69, 9.17) is 10.5 Å². The van der Waals surface area contributed by atoms with Crippen LogP contribution in [0, 0.1) is 0 Å². The second kappa shape index (κ2) is 8.19. The Balaban J connectivity index is 3.82. The normalized spacial score (nSPS) is 12.1. The lowest BCUT2D eigenvalue weighted by atomic mass is 10.1. The van der Waals surface area contributed by atoms with Crippen molar-refractivity contribution >= 4 is 11.8 Å². The first-order valence-corrected chi connectivity index (χ1v) is 4.84. The van der Waals surface area contributed by atoms with E-state index >= 15 is 0 Å². The highest BCUT2D eigenvalue weighted by Gasteiger charge is 2.16. The fraction of sp³-hybridized carbons (Fsp3) is 0.778. The smallest absolute Gasteiger partial charge is 0.237 e. The fourth-order valence-electron chi connectivity index (χ4n) is 1.09. The summed E-state index contributed by atoms with van der Waals surface area (Å²) in [6.45, 7) is 0.933. The highest BCUT2D eigenvalue weighted by atomic mass is 16.5. The van der Waals surface area contributed by atoms with Crippen molar-refractivity contribution < 1.29 is 14.3 Å². The number of nitrogens with one attached hydrogen (secondary N) is 2. The largest absolute Gasteiger partial charge is 0.383 e. The van der Waals surface area contributed by atoms with Gasteiger partial charge in [-0.25, -0.2) is 0 Å². The van der Waals surface area contributed by atoms with Crippen LogP contribution >= 0.6 is 0 Å². The van der Waals surface area contributed by atoms with E-state index in [9.17, 15) is 9.59 Å². The molecule has 0 bridgehead atoms. The average molecular weight is 217 g/mol. The molecular formula is C9H19N3O3. The third-order valence-electron chi connectivity index (χ3n) is 1.95. The fourth-order valence-corrected chi connectivity index (χ4v) is 1.09. The minimum Gasteiger partial charge on any atom is -0.383 e. The number of likely N-dealkylation sites (N-methyl/N-ethyl adjacent to an activating group) is 1. The zero-order valence-electron chi connectivity index (χ0n) is 9.21. The number of amides is 2. The lowest BCUT2D eigenvalue weighted by Gasteiger charge is -2.14. The van der Waals surface area contributed by atoms with Crippen LogP contribution < -0.4 is 16.4 Å². The zero-order chi connectivity index (χ0) is 11.7. The number of ether oxygens (including phenoxy) is 1. The van der Waals surface area contributed by atoms with Crippen LogP contribution in [0.4, 0.5) is 0 Å². The Morgan fingerprint density at radius 1 is 1.47 bits per heavy atom. The van der Waals surface area contributed by atoms with Crippen molar-refractivity contribution in [3.8, 4) is 0 Å². The minimum atomic E-state index is -0.403. The number of rotatable bonds is 8. The topological polar surface area (TPSA) is 93.5 Å². The van der Waals surface area contributed by atoms with E-state index in [0.717, 1.165) is 0 Å². The zero-order valence-corrected chi connectivity index (χ0v) is 9.21. The van der Waals surface area contributed by atoms with E-state index in [2.05, 4.69) is 10.6 Å². The molecular weight excluding hydrogens is 198 g/mol. The van der Waals surface area contributed by atoms with Crippen LogP contribution in [0.5, 0.6) is 0 Å². The average Bonchev–Trinajstić information content (AvgIpc) is 2.18. The van der Waals surface area contributed by atoms with Crippen LogP contribution in [0.15, 0.2) is 0 Å². The molecule has 0 saturated heterocycles. The van der Waals surface area contributed by atoms with Gasteiger partial charge in [-0.3, -0.25) is 9.59 Å². The maximum absolute atomic E-state index is 11.5. The van der Waals surface area contributed by atoms with Gasteiger partial charge in [-0.1, -0.05) is 0 Å². The number of methoxy groups -OCH3 is 1. The van der Waals surface area contributed by atoms with E-state index in [1.807, 2.05) is 0 Å². The standard InChI is InChI=1S/C9H19N3O3/c1-11-7(3-4-8(10)13)9(14)12-5-6-15-2/h7,11H,3-6H2,1-2H3,(H2,10,13)(H,12,14)/t7-/m0/s1. The van der Waals surface area contributed by atoms with Crippen molar-refractivity contribution in [2.24, 2.45) is 5.73 Å². The van der Waals surface area contributed by atoms with Gasteiger partial charge in [0.1, 0.15) is 0 Å². The van der Waals surface area contributed by atoms with Gasteiger partial charge < -0.3 is 21.1 Å². The summed E-state index contributed by atoms with van der Waals surface area (Å²) in [7, 11) is 3.23. The Labute approximate surface area is 89.5 Å². The van der Waals surface area contributed by atoms with E-state index < -0.39 is 5.91 Å². The Kier molecular flexibility index (Phi) is 7.57. The molecule has 0 unspecified atom stereocenters. The molecule has 15 heavy (non-hydrogen) atoms. The van der Waals surface area contributed by atoms with Crippen LogP contribution in [-0.2, 0) is 14.3 Å². The summed E-state index contributed by atoms with van der Waals surface area (Å²) in [6, 6.07) is -0.380. The number of nitrogens with two attached hydrogens (primary N) is 1. The Hall–Kier alpha value is -1.14. The van der Waals surface area contributed by atoms with E-state index in [1.165, 1.54) is 0 Å². The number of carbonyl (C=O) groups is 2. The van der Waals surface area contributed by atoms with Gasteiger partial charge >= 0.3 is 0 Å². The van der Waals surface area contributed by atoms with Crippen LogP contribution in [-0.4, -0.2) is 45.2 Å². The van der Waals surface area contributed by atoms with Gasteiger partial charge in [0.15, 0.2) is 0 Å². The highest BCUT2D eigenvalue weighted by molar-refractivity contribution is 5.82. The number of primary amides is 1. The van der Waals surface area contributed by atoms with Crippen LogP contribution in [0.1, 0.15) is 12.8 Å².